The second kappa shape index (κ2) is 6.62. The lowest BCUT2D eigenvalue weighted by Gasteiger charge is -2.23. The summed E-state index contributed by atoms with van der Waals surface area (Å²) in [5, 5.41) is 17.5. The van der Waals surface area contributed by atoms with Crippen LogP contribution in [0.15, 0.2) is 65.2 Å². The number of aromatic nitrogens is 2. The Labute approximate surface area is 135 Å². The quantitative estimate of drug-likeness (QED) is 0.730. The van der Waals surface area contributed by atoms with Crippen LogP contribution in [0.2, 0.25) is 0 Å². The van der Waals surface area contributed by atoms with Gasteiger partial charge < -0.3 is 14.9 Å². The molecular formula is C18H19N3O2. The summed E-state index contributed by atoms with van der Waals surface area (Å²) in [7, 11) is 0. The van der Waals surface area contributed by atoms with Crippen LogP contribution in [0.25, 0.3) is 11.5 Å². The molecule has 0 saturated carbocycles. The van der Waals surface area contributed by atoms with Crippen molar-refractivity contribution in [2.45, 2.75) is 18.9 Å². The van der Waals surface area contributed by atoms with Crippen LogP contribution >= 0.6 is 0 Å². The topological polar surface area (TPSA) is 71.2 Å². The molecule has 2 N–H and O–H groups in total. The van der Waals surface area contributed by atoms with E-state index in [9.17, 15) is 5.11 Å². The molecule has 0 bridgehead atoms. The predicted molar refractivity (Wildman–Crippen MR) is 88.9 cm³/mol. The molecule has 0 saturated heterocycles. The first-order chi connectivity index (χ1) is 11.1. The van der Waals surface area contributed by atoms with Crippen molar-refractivity contribution in [3.05, 3.63) is 66.2 Å². The van der Waals surface area contributed by atoms with Crippen molar-refractivity contribution in [3.63, 3.8) is 0 Å². The highest BCUT2D eigenvalue weighted by Crippen LogP contribution is 2.24. The minimum atomic E-state index is -0.903. The molecule has 23 heavy (non-hydrogen) atoms. The third kappa shape index (κ3) is 3.76. The van der Waals surface area contributed by atoms with E-state index in [0.29, 0.717) is 24.8 Å². The summed E-state index contributed by atoms with van der Waals surface area (Å²) in [4.78, 5) is 4.30. The van der Waals surface area contributed by atoms with Gasteiger partial charge in [-0.25, -0.2) is 0 Å². The maximum absolute atomic E-state index is 10.5. The molecule has 5 nitrogen and oxygen atoms in total. The van der Waals surface area contributed by atoms with E-state index in [1.165, 1.54) is 0 Å². The number of anilines is 1. The zero-order valence-electron chi connectivity index (χ0n) is 12.9. The van der Waals surface area contributed by atoms with Gasteiger partial charge in [0.1, 0.15) is 0 Å². The molecule has 0 aliphatic carbocycles. The summed E-state index contributed by atoms with van der Waals surface area (Å²) in [5.41, 5.74) is 0.865. The summed E-state index contributed by atoms with van der Waals surface area (Å²) in [6.07, 6.45) is 0.534. The summed E-state index contributed by atoms with van der Waals surface area (Å²) in [5.74, 6) is 0.899. The summed E-state index contributed by atoms with van der Waals surface area (Å²) in [6, 6.07) is 19.2. The molecule has 0 amide bonds. The molecule has 1 unspecified atom stereocenters. The lowest BCUT2D eigenvalue weighted by atomic mass is 9.93. The maximum Gasteiger partial charge on any atom is 0.263 e. The van der Waals surface area contributed by atoms with Gasteiger partial charge in [0.25, 0.3) is 11.8 Å². The third-order valence-corrected chi connectivity index (χ3v) is 3.74. The molecular weight excluding hydrogens is 290 g/mol. The van der Waals surface area contributed by atoms with E-state index < -0.39 is 5.60 Å². The Morgan fingerprint density at radius 1 is 1.04 bits per heavy atom. The van der Waals surface area contributed by atoms with E-state index >= 15 is 0 Å². The first-order valence-corrected chi connectivity index (χ1v) is 7.56. The molecule has 1 heterocycles. The second-order valence-corrected chi connectivity index (χ2v) is 5.61. The van der Waals surface area contributed by atoms with Gasteiger partial charge in [0, 0.05) is 12.1 Å². The number of hydrogen-bond donors (Lipinski definition) is 2. The van der Waals surface area contributed by atoms with E-state index in [4.69, 9.17) is 4.52 Å². The SMILES string of the molecule is CC(O)(CCNc1noc(-c2ccccc2)n1)c1ccccc1. The Kier molecular flexibility index (Phi) is 4.39. The van der Waals surface area contributed by atoms with Crippen molar-refractivity contribution < 1.29 is 9.63 Å². The van der Waals surface area contributed by atoms with Gasteiger partial charge in [-0.2, -0.15) is 4.98 Å². The monoisotopic (exact) mass is 309 g/mol. The molecule has 0 aliphatic heterocycles. The number of nitrogens with one attached hydrogen (secondary N) is 1. The van der Waals surface area contributed by atoms with E-state index in [0.717, 1.165) is 11.1 Å². The molecule has 0 spiro atoms. The van der Waals surface area contributed by atoms with Crippen molar-refractivity contribution in [2.75, 3.05) is 11.9 Å². The van der Waals surface area contributed by atoms with E-state index in [-0.39, 0.29) is 0 Å². The third-order valence-electron chi connectivity index (χ3n) is 3.74. The summed E-state index contributed by atoms with van der Waals surface area (Å²) >= 11 is 0. The van der Waals surface area contributed by atoms with Gasteiger partial charge in [-0.05, 0) is 36.2 Å². The van der Waals surface area contributed by atoms with Crippen molar-refractivity contribution in [1.29, 1.82) is 0 Å². The van der Waals surface area contributed by atoms with Crippen LogP contribution in [0.5, 0.6) is 0 Å². The number of benzene rings is 2. The minimum absolute atomic E-state index is 0.424. The molecule has 0 aliphatic rings. The molecule has 2 aromatic carbocycles. The minimum Gasteiger partial charge on any atom is -0.385 e. The zero-order chi connectivity index (χ0) is 16.1. The Balaban J connectivity index is 1.58. The predicted octanol–water partition coefficient (Wildman–Crippen LogP) is 3.45. The highest BCUT2D eigenvalue weighted by atomic mass is 16.5. The van der Waals surface area contributed by atoms with Crippen LogP contribution < -0.4 is 5.32 Å². The fraction of sp³-hybridized carbons (Fsp3) is 0.222. The number of aliphatic hydroxyl groups is 1. The van der Waals surface area contributed by atoms with E-state index in [1.54, 1.807) is 6.92 Å². The van der Waals surface area contributed by atoms with Crippen molar-refractivity contribution in [2.24, 2.45) is 0 Å². The van der Waals surface area contributed by atoms with Crippen LogP contribution in [-0.4, -0.2) is 21.8 Å². The molecule has 1 aromatic heterocycles. The van der Waals surface area contributed by atoms with Gasteiger partial charge in [-0.15, -0.1) is 0 Å². The van der Waals surface area contributed by atoms with Gasteiger partial charge >= 0.3 is 0 Å². The zero-order valence-corrected chi connectivity index (χ0v) is 12.9. The van der Waals surface area contributed by atoms with E-state index in [1.807, 2.05) is 60.7 Å². The fourth-order valence-corrected chi connectivity index (χ4v) is 2.35. The van der Waals surface area contributed by atoms with Crippen LogP contribution in [0.1, 0.15) is 18.9 Å². The van der Waals surface area contributed by atoms with Crippen LogP contribution in [0.4, 0.5) is 5.95 Å². The highest BCUT2D eigenvalue weighted by molar-refractivity contribution is 5.53. The summed E-state index contributed by atoms with van der Waals surface area (Å²) < 4.78 is 5.23. The maximum atomic E-state index is 10.5. The first-order valence-electron chi connectivity index (χ1n) is 7.56. The van der Waals surface area contributed by atoms with Gasteiger partial charge in [-0.1, -0.05) is 48.5 Å². The molecule has 1 atom stereocenters. The average molecular weight is 309 g/mol. The Morgan fingerprint density at radius 3 is 2.39 bits per heavy atom. The summed E-state index contributed by atoms with van der Waals surface area (Å²) in [6.45, 7) is 2.34. The highest BCUT2D eigenvalue weighted by Gasteiger charge is 2.22. The second-order valence-electron chi connectivity index (χ2n) is 5.61. The molecule has 3 rings (SSSR count). The normalized spacial score (nSPS) is 13.5. The van der Waals surface area contributed by atoms with Gasteiger partial charge in [0.05, 0.1) is 5.60 Å². The smallest absolute Gasteiger partial charge is 0.263 e. The number of hydrogen-bond acceptors (Lipinski definition) is 5. The Morgan fingerprint density at radius 2 is 1.70 bits per heavy atom. The van der Waals surface area contributed by atoms with Crippen LogP contribution in [-0.2, 0) is 5.60 Å². The van der Waals surface area contributed by atoms with Gasteiger partial charge in [0.15, 0.2) is 0 Å². The van der Waals surface area contributed by atoms with E-state index in [2.05, 4.69) is 15.5 Å². The van der Waals surface area contributed by atoms with Crippen molar-refractivity contribution in [3.8, 4) is 11.5 Å². The van der Waals surface area contributed by atoms with Crippen LogP contribution in [0, 0.1) is 0 Å². The lowest BCUT2D eigenvalue weighted by molar-refractivity contribution is 0.0515. The van der Waals surface area contributed by atoms with Crippen molar-refractivity contribution >= 4 is 5.95 Å². The van der Waals surface area contributed by atoms with Gasteiger partial charge in [-0.3, -0.25) is 0 Å². The lowest BCUT2D eigenvalue weighted by Crippen LogP contribution is -2.24. The van der Waals surface area contributed by atoms with Gasteiger partial charge in [0.2, 0.25) is 0 Å². The molecule has 5 heteroatoms. The number of rotatable bonds is 6. The Hall–Kier alpha value is -2.66. The molecule has 0 fully saturated rings. The fourth-order valence-electron chi connectivity index (χ4n) is 2.35. The molecule has 3 aromatic rings. The van der Waals surface area contributed by atoms with Crippen LogP contribution in [0.3, 0.4) is 0 Å². The Bertz CT molecular complexity index is 739. The van der Waals surface area contributed by atoms with Crippen molar-refractivity contribution in [1.82, 2.24) is 10.1 Å². The largest absolute Gasteiger partial charge is 0.385 e. The standard InChI is InChI=1S/C18H19N3O2/c1-18(22,15-10-6-3-7-11-15)12-13-19-17-20-16(23-21-17)14-8-4-2-5-9-14/h2-11,22H,12-13H2,1H3,(H,19,21). The first kappa shape index (κ1) is 15.2. The average Bonchev–Trinajstić information content (AvgIpc) is 3.05. The molecule has 118 valence electrons. The number of nitrogens with zero attached hydrogens (tertiary/aromatic N) is 2. The molecule has 0 radical (unpaired) electrons.